The van der Waals surface area contributed by atoms with Crippen molar-refractivity contribution in [2.24, 2.45) is 7.05 Å². The molecule has 7 nitrogen and oxygen atoms in total. The van der Waals surface area contributed by atoms with Gasteiger partial charge in [-0.05, 0) is 24.3 Å². The molecule has 0 saturated heterocycles. The van der Waals surface area contributed by atoms with E-state index in [1.807, 2.05) is 11.6 Å². The summed E-state index contributed by atoms with van der Waals surface area (Å²) in [5.74, 6) is -0.589. The summed E-state index contributed by atoms with van der Waals surface area (Å²) < 4.78 is 41.5. The Morgan fingerprint density at radius 3 is 2.53 bits per heavy atom. The summed E-state index contributed by atoms with van der Waals surface area (Å²) in [4.78, 5) is 20.9. The van der Waals surface area contributed by atoms with Crippen molar-refractivity contribution in [3.8, 4) is 0 Å². The summed E-state index contributed by atoms with van der Waals surface area (Å²) in [5, 5.41) is 7.44. The first-order valence-corrected chi connectivity index (χ1v) is 9.05. The third-order valence-electron chi connectivity index (χ3n) is 4.54. The van der Waals surface area contributed by atoms with Crippen molar-refractivity contribution in [3.05, 3.63) is 71.0 Å². The van der Waals surface area contributed by atoms with Crippen LogP contribution in [0.1, 0.15) is 21.6 Å². The number of aromatic nitrogens is 5. The van der Waals surface area contributed by atoms with Gasteiger partial charge in [-0.2, -0.15) is 18.3 Å². The number of carbonyl (C=O) groups is 1. The van der Waals surface area contributed by atoms with Gasteiger partial charge in [0.05, 0.1) is 52.5 Å². The van der Waals surface area contributed by atoms with Gasteiger partial charge in [0, 0.05) is 18.9 Å². The molecule has 154 valence electrons. The number of pyridine rings is 1. The number of fused-ring (bicyclic) bond motifs is 1. The predicted molar refractivity (Wildman–Crippen MR) is 104 cm³/mol. The summed E-state index contributed by atoms with van der Waals surface area (Å²) in [6.45, 7) is 0.417. The number of hydrogen-bond acceptors (Lipinski definition) is 4. The fraction of sp³-hybridized carbons (Fsp3) is 0.158. The van der Waals surface area contributed by atoms with E-state index in [1.165, 1.54) is 24.5 Å². The van der Waals surface area contributed by atoms with Crippen molar-refractivity contribution in [2.75, 3.05) is 5.32 Å². The van der Waals surface area contributed by atoms with E-state index in [9.17, 15) is 18.0 Å². The highest BCUT2D eigenvalue weighted by Gasteiger charge is 2.30. The molecule has 0 aliphatic carbocycles. The van der Waals surface area contributed by atoms with E-state index >= 15 is 0 Å². The lowest BCUT2D eigenvalue weighted by molar-refractivity contribution is -0.137. The number of alkyl halides is 3. The molecule has 0 bridgehead atoms. The van der Waals surface area contributed by atoms with Gasteiger partial charge in [0.15, 0.2) is 5.65 Å². The molecule has 0 saturated carbocycles. The molecule has 0 atom stereocenters. The van der Waals surface area contributed by atoms with Crippen molar-refractivity contribution >= 4 is 34.2 Å². The minimum atomic E-state index is -4.45. The number of hydrogen-bond donors (Lipinski definition) is 1. The van der Waals surface area contributed by atoms with Gasteiger partial charge in [-0.25, -0.2) is 14.6 Å². The summed E-state index contributed by atoms with van der Waals surface area (Å²) >= 11 is 6.39. The fourth-order valence-electron chi connectivity index (χ4n) is 2.90. The van der Waals surface area contributed by atoms with Gasteiger partial charge in [0.1, 0.15) is 0 Å². The molecule has 4 rings (SSSR count). The molecule has 11 heteroatoms. The number of amides is 1. The third kappa shape index (κ3) is 3.73. The van der Waals surface area contributed by atoms with E-state index < -0.39 is 17.6 Å². The SMILES string of the molecule is Cn1cncc1Cn1ncc2c(Cl)c(C(=O)Nc3ccc(C(F)(F)F)cc3)cnc21. The largest absolute Gasteiger partial charge is 0.416 e. The van der Waals surface area contributed by atoms with Gasteiger partial charge in [-0.3, -0.25) is 4.79 Å². The number of rotatable bonds is 4. The molecular weight excluding hydrogens is 421 g/mol. The number of anilines is 1. The molecule has 1 aromatic carbocycles. The first-order chi connectivity index (χ1) is 14.2. The molecule has 3 aromatic heterocycles. The van der Waals surface area contributed by atoms with Crippen LogP contribution < -0.4 is 5.32 Å². The van der Waals surface area contributed by atoms with Gasteiger partial charge < -0.3 is 9.88 Å². The van der Waals surface area contributed by atoms with Crippen LogP contribution in [0, 0.1) is 0 Å². The topological polar surface area (TPSA) is 77.6 Å². The molecule has 30 heavy (non-hydrogen) atoms. The first-order valence-electron chi connectivity index (χ1n) is 8.68. The minimum absolute atomic E-state index is 0.0872. The summed E-state index contributed by atoms with van der Waals surface area (Å²) in [7, 11) is 1.86. The second kappa shape index (κ2) is 7.45. The Kier molecular flexibility index (Phi) is 4.94. The predicted octanol–water partition coefficient (Wildman–Crippen LogP) is 4.14. The van der Waals surface area contributed by atoms with E-state index in [1.54, 1.807) is 17.2 Å². The van der Waals surface area contributed by atoms with Gasteiger partial charge in [0.25, 0.3) is 5.91 Å². The van der Waals surface area contributed by atoms with E-state index in [4.69, 9.17) is 11.6 Å². The first kappa shape index (κ1) is 19.9. The normalized spacial score (nSPS) is 11.8. The van der Waals surface area contributed by atoms with Crippen LogP contribution in [-0.4, -0.2) is 30.2 Å². The zero-order valence-corrected chi connectivity index (χ0v) is 16.2. The van der Waals surface area contributed by atoms with Crippen LogP contribution in [0.5, 0.6) is 0 Å². The quantitative estimate of drug-likeness (QED) is 0.523. The van der Waals surface area contributed by atoms with Gasteiger partial charge in [0.2, 0.25) is 0 Å². The molecule has 0 unspecified atom stereocenters. The lowest BCUT2D eigenvalue weighted by atomic mass is 10.2. The maximum absolute atomic E-state index is 12.7. The standard InChI is InChI=1S/C19H14ClF3N6O/c1-28-10-24-6-13(28)9-29-17-14(8-26-29)16(20)15(7-25-17)18(30)27-12-4-2-11(3-5-12)19(21,22)23/h2-8,10H,9H2,1H3,(H,27,30). The molecule has 0 aliphatic rings. The highest BCUT2D eigenvalue weighted by atomic mass is 35.5. The maximum atomic E-state index is 12.7. The smallest absolute Gasteiger partial charge is 0.336 e. The van der Waals surface area contributed by atoms with Crippen LogP contribution in [0.3, 0.4) is 0 Å². The molecule has 0 radical (unpaired) electrons. The van der Waals surface area contributed by atoms with E-state index in [2.05, 4.69) is 20.4 Å². The molecular formula is C19H14ClF3N6O. The van der Waals surface area contributed by atoms with Crippen molar-refractivity contribution in [1.29, 1.82) is 0 Å². The molecule has 4 aromatic rings. The Morgan fingerprint density at radius 1 is 1.17 bits per heavy atom. The Balaban J connectivity index is 1.58. The van der Waals surface area contributed by atoms with E-state index in [0.29, 0.717) is 17.6 Å². The molecule has 3 heterocycles. The summed E-state index contributed by atoms with van der Waals surface area (Å²) in [6.07, 6.45) is 1.75. The molecule has 1 N–H and O–H groups in total. The molecule has 1 amide bonds. The average molecular weight is 435 g/mol. The van der Waals surface area contributed by atoms with Crippen LogP contribution in [0.2, 0.25) is 5.02 Å². The Morgan fingerprint density at radius 2 is 1.90 bits per heavy atom. The van der Waals surface area contributed by atoms with Crippen LogP contribution in [0.15, 0.2) is 49.2 Å². The number of nitrogens with zero attached hydrogens (tertiary/aromatic N) is 5. The number of carbonyl (C=O) groups excluding carboxylic acids is 1. The maximum Gasteiger partial charge on any atom is 0.416 e. The Bertz CT molecular complexity index is 1230. The van der Waals surface area contributed by atoms with Crippen LogP contribution in [0.4, 0.5) is 18.9 Å². The zero-order chi connectivity index (χ0) is 21.5. The van der Waals surface area contributed by atoms with E-state index in [0.717, 1.165) is 17.8 Å². The zero-order valence-electron chi connectivity index (χ0n) is 15.5. The number of nitrogens with one attached hydrogen (secondary N) is 1. The Labute approximate surface area is 173 Å². The monoisotopic (exact) mass is 434 g/mol. The van der Waals surface area contributed by atoms with Crippen molar-refractivity contribution in [2.45, 2.75) is 12.7 Å². The highest BCUT2D eigenvalue weighted by Crippen LogP contribution is 2.30. The van der Waals surface area contributed by atoms with Crippen LogP contribution >= 0.6 is 11.6 Å². The minimum Gasteiger partial charge on any atom is -0.336 e. The van der Waals surface area contributed by atoms with Crippen molar-refractivity contribution in [1.82, 2.24) is 24.3 Å². The Hall–Kier alpha value is -3.40. The number of halogens is 4. The highest BCUT2D eigenvalue weighted by molar-refractivity contribution is 6.38. The van der Waals surface area contributed by atoms with Crippen LogP contribution in [0.25, 0.3) is 11.0 Å². The number of aryl methyl sites for hydroxylation is 1. The van der Waals surface area contributed by atoms with Crippen LogP contribution in [-0.2, 0) is 19.8 Å². The third-order valence-corrected chi connectivity index (χ3v) is 4.95. The van der Waals surface area contributed by atoms with Gasteiger partial charge >= 0.3 is 6.18 Å². The summed E-state index contributed by atoms with van der Waals surface area (Å²) in [6, 6.07) is 4.13. The second-order valence-corrected chi connectivity index (χ2v) is 6.93. The number of benzene rings is 1. The fourth-order valence-corrected chi connectivity index (χ4v) is 3.17. The lowest BCUT2D eigenvalue weighted by Gasteiger charge is -2.10. The van der Waals surface area contributed by atoms with Crippen molar-refractivity contribution < 1.29 is 18.0 Å². The second-order valence-electron chi connectivity index (χ2n) is 6.55. The van der Waals surface area contributed by atoms with Crippen molar-refractivity contribution in [3.63, 3.8) is 0 Å². The molecule has 0 aliphatic heterocycles. The molecule has 0 spiro atoms. The summed E-state index contributed by atoms with van der Waals surface area (Å²) in [5.41, 5.74) is 0.886. The lowest BCUT2D eigenvalue weighted by Crippen LogP contribution is -2.14. The average Bonchev–Trinajstić information content (AvgIpc) is 3.29. The number of imidazole rings is 1. The molecule has 0 fully saturated rings. The van der Waals surface area contributed by atoms with Gasteiger partial charge in [-0.1, -0.05) is 11.6 Å². The van der Waals surface area contributed by atoms with E-state index in [-0.39, 0.29) is 16.3 Å². The van der Waals surface area contributed by atoms with Gasteiger partial charge in [-0.15, -0.1) is 0 Å².